The molecule has 0 fully saturated rings. The zero-order chi connectivity index (χ0) is 14.1. The van der Waals surface area contributed by atoms with Crippen molar-refractivity contribution < 1.29 is 14.7 Å². The number of carbonyl (C=O) groups is 2. The third-order valence-electron chi connectivity index (χ3n) is 2.36. The Hall–Kier alpha value is -1.14. The molecule has 6 heteroatoms. The van der Waals surface area contributed by atoms with Gasteiger partial charge in [-0.2, -0.15) is 0 Å². The van der Waals surface area contributed by atoms with Gasteiger partial charge in [-0.3, -0.25) is 14.5 Å². The van der Waals surface area contributed by atoms with Gasteiger partial charge in [0.1, 0.15) is 0 Å². The van der Waals surface area contributed by atoms with Crippen LogP contribution in [-0.4, -0.2) is 73.1 Å². The van der Waals surface area contributed by atoms with Crippen LogP contribution in [-0.2, 0) is 9.59 Å². The maximum absolute atomic E-state index is 11.8. The predicted molar refractivity (Wildman–Crippen MR) is 70.1 cm³/mol. The van der Waals surface area contributed by atoms with Crippen LogP contribution in [0.4, 0.5) is 0 Å². The topological polar surface area (TPSA) is 72.9 Å². The Morgan fingerprint density at radius 2 is 1.89 bits per heavy atom. The number of aliphatic hydroxyl groups is 1. The summed E-state index contributed by atoms with van der Waals surface area (Å²) in [7, 11) is 3.36. The van der Waals surface area contributed by atoms with E-state index in [2.05, 4.69) is 5.32 Å². The number of amides is 2. The lowest BCUT2D eigenvalue weighted by atomic mass is 10.3. The fourth-order valence-electron chi connectivity index (χ4n) is 1.49. The lowest BCUT2D eigenvalue weighted by Crippen LogP contribution is -2.43. The molecule has 0 saturated carbocycles. The Morgan fingerprint density at radius 3 is 2.39 bits per heavy atom. The Morgan fingerprint density at radius 1 is 1.28 bits per heavy atom. The van der Waals surface area contributed by atoms with Gasteiger partial charge in [-0.1, -0.05) is 6.92 Å². The Balaban J connectivity index is 3.98. The van der Waals surface area contributed by atoms with Gasteiger partial charge in [-0.25, -0.2) is 0 Å². The molecule has 0 aromatic heterocycles. The maximum Gasteiger partial charge on any atom is 0.239 e. The van der Waals surface area contributed by atoms with Crippen LogP contribution in [0.1, 0.15) is 20.3 Å². The molecule has 0 spiro atoms. The predicted octanol–water partition coefficient (Wildman–Crippen LogP) is -0.716. The highest BCUT2D eigenvalue weighted by molar-refractivity contribution is 5.85. The molecule has 0 rings (SSSR count). The van der Waals surface area contributed by atoms with Gasteiger partial charge in [0.05, 0.1) is 19.2 Å². The molecule has 1 unspecified atom stereocenters. The van der Waals surface area contributed by atoms with Crippen molar-refractivity contribution in [3.05, 3.63) is 0 Å². The number of likely N-dealkylation sites (N-methyl/N-ethyl adjacent to an activating group) is 2. The molecule has 0 radical (unpaired) electrons. The molecule has 0 heterocycles. The van der Waals surface area contributed by atoms with E-state index in [0.29, 0.717) is 13.1 Å². The van der Waals surface area contributed by atoms with Crippen LogP contribution in [0.25, 0.3) is 0 Å². The van der Waals surface area contributed by atoms with Crippen molar-refractivity contribution in [1.29, 1.82) is 0 Å². The van der Waals surface area contributed by atoms with Crippen molar-refractivity contribution in [2.75, 3.05) is 40.3 Å². The van der Waals surface area contributed by atoms with Gasteiger partial charge >= 0.3 is 0 Å². The zero-order valence-electron chi connectivity index (χ0n) is 11.8. The molecule has 0 aromatic rings. The molecule has 6 nitrogen and oxygen atoms in total. The molecule has 2 N–H and O–H groups in total. The first-order valence-electron chi connectivity index (χ1n) is 6.24. The Kier molecular flexibility index (Phi) is 8.32. The smallest absolute Gasteiger partial charge is 0.239 e. The fourth-order valence-corrected chi connectivity index (χ4v) is 1.49. The average Bonchev–Trinajstić information content (AvgIpc) is 2.24. The van der Waals surface area contributed by atoms with Crippen LogP contribution in [0.5, 0.6) is 0 Å². The van der Waals surface area contributed by atoms with Crippen molar-refractivity contribution in [3.63, 3.8) is 0 Å². The van der Waals surface area contributed by atoms with E-state index in [1.165, 1.54) is 4.90 Å². The van der Waals surface area contributed by atoms with Crippen LogP contribution >= 0.6 is 0 Å². The van der Waals surface area contributed by atoms with Crippen molar-refractivity contribution >= 4 is 11.8 Å². The molecule has 0 aliphatic heterocycles. The lowest BCUT2D eigenvalue weighted by Gasteiger charge is -2.22. The molecular weight excluding hydrogens is 234 g/mol. The fraction of sp³-hybridized carbons (Fsp3) is 0.833. The van der Waals surface area contributed by atoms with E-state index in [4.69, 9.17) is 0 Å². The Bertz CT molecular complexity index is 269. The first-order valence-corrected chi connectivity index (χ1v) is 6.24. The highest BCUT2D eigenvalue weighted by atomic mass is 16.3. The van der Waals surface area contributed by atoms with Crippen LogP contribution in [0.3, 0.4) is 0 Å². The van der Waals surface area contributed by atoms with E-state index in [-0.39, 0.29) is 24.9 Å². The number of nitrogens with one attached hydrogen (secondary N) is 1. The van der Waals surface area contributed by atoms with Crippen molar-refractivity contribution in [3.8, 4) is 0 Å². The molecule has 0 aliphatic rings. The first-order chi connectivity index (χ1) is 8.36. The number of aliphatic hydroxyl groups excluding tert-OH is 1. The van der Waals surface area contributed by atoms with E-state index in [0.717, 1.165) is 6.42 Å². The lowest BCUT2D eigenvalue weighted by molar-refractivity contribution is -0.135. The minimum Gasteiger partial charge on any atom is -0.392 e. The van der Waals surface area contributed by atoms with Gasteiger partial charge < -0.3 is 15.3 Å². The minimum atomic E-state index is -0.471. The summed E-state index contributed by atoms with van der Waals surface area (Å²) in [5.74, 6) is -0.282. The van der Waals surface area contributed by atoms with Crippen LogP contribution < -0.4 is 5.32 Å². The third kappa shape index (κ3) is 8.03. The molecule has 106 valence electrons. The molecular formula is C12H25N3O3. The largest absolute Gasteiger partial charge is 0.392 e. The quantitative estimate of drug-likeness (QED) is 0.603. The normalized spacial score (nSPS) is 12.3. The number of nitrogens with zero attached hydrogens (tertiary/aromatic N) is 2. The van der Waals surface area contributed by atoms with Gasteiger partial charge in [-0.05, 0) is 20.4 Å². The molecule has 2 amide bonds. The number of hydrogen-bond donors (Lipinski definition) is 2. The number of hydrogen-bond acceptors (Lipinski definition) is 4. The van der Waals surface area contributed by atoms with E-state index in [9.17, 15) is 14.7 Å². The average molecular weight is 259 g/mol. The second kappa shape index (κ2) is 8.88. The summed E-state index contributed by atoms with van der Waals surface area (Å²) in [6.45, 7) is 4.97. The summed E-state index contributed by atoms with van der Waals surface area (Å²) in [5, 5.41) is 11.9. The van der Waals surface area contributed by atoms with Crippen molar-refractivity contribution in [2.24, 2.45) is 0 Å². The molecule has 0 bridgehead atoms. The van der Waals surface area contributed by atoms with E-state index in [1.54, 1.807) is 25.9 Å². The second-order valence-corrected chi connectivity index (χ2v) is 4.65. The molecule has 0 saturated heterocycles. The van der Waals surface area contributed by atoms with Crippen molar-refractivity contribution in [1.82, 2.24) is 15.1 Å². The van der Waals surface area contributed by atoms with Crippen LogP contribution in [0.2, 0.25) is 0 Å². The molecule has 0 aromatic carbocycles. The van der Waals surface area contributed by atoms with Crippen molar-refractivity contribution in [2.45, 2.75) is 26.4 Å². The summed E-state index contributed by atoms with van der Waals surface area (Å²) in [5.41, 5.74) is 0. The monoisotopic (exact) mass is 259 g/mol. The van der Waals surface area contributed by atoms with Crippen LogP contribution in [0, 0.1) is 0 Å². The number of carbonyl (C=O) groups excluding carboxylic acids is 2. The zero-order valence-corrected chi connectivity index (χ0v) is 11.8. The summed E-state index contributed by atoms with van der Waals surface area (Å²) < 4.78 is 0. The van der Waals surface area contributed by atoms with Gasteiger partial charge in [0.15, 0.2) is 0 Å². The number of rotatable bonds is 8. The highest BCUT2D eigenvalue weighted by Crippen LogP contribution is 1.92. The van der Waals surface area contributed by atoms with Gasteiger partial charge in [0.25, 0.3) is 0 Å². The third-order valence-corrected chi connectivity index (χ3v) is 2.36. The first kappa shape index (κ1) is 16.9. The maximum atomic E-state index is 11.8. The van der Waals surface area contributed by atoms with Gasteiger partial charge in [-0.15, -0.1) is 0 Å². The summed E-state index contributed by atoms with van der Waals surface area (Å²) in [6.07, 6.45) is 0.404. The minimum absolute atomic E-state index is 0.0708. The van der Waals surface area contributed by atoms with Gasteiger partial charge in [0, 0.05) is 20.1 Å². The highest BCUT2D eigenvalue weighted by Gasteiger charge is 2.15. The van der Waals surface area contributed by atoms with E-state index < -0.39 is 6.10 Å². The molecule has 1 atom stereocenters. The van der Waals surface area contributed by atoms with E-state index >= 15 is 0 Å². The Labute approximate surface area is 109 Å². The standard InChI is InChI=1S/C12H25N3O3/c1-5-6-13-11(17)8-15(4)12(18)9-14(3)7-10(2)16/h10,16H,5-9H2,1-4H3,(H,13,17). The summed E-state index contributed by atoms with van der Waals surface area (Å²) in [6, 6.07) is 0. The summed E-state index contributed by atoms with van der Waals surface area (Å²) in [4.78, 5) is 26.3. The molecule has 0 aliphatic carbocycles. The second-order valence-electron chi connectivity index (χ2n) is 4.65. The van der Waals surface area contributed by atoms with E-state index in [1.807, 2.05) is 6.92 Å². The summed E-state index contributed by atoms with van der Waals surface area (Å²) >= 11 is 0. The van der Waals surface area contributed by atoms with Crippen LogP contribution in [0.15, 0.2) is 0 Å². The molecule has 18 heavy (non-hydrogen) atoms. The SMILES string of the molecule is CCCNC(=O)CN(C)C(=O)CN(C)CC(C)O. The van der Waals surface area contributed by atoms with Gasteiger partial charge in [0.2, 0.25) is 11.8 Å².